The van der Waals surface area contributed by atoms with E-state index >= 15 is 0 Å². The Morgan fingerprint density at radius 2 is 2.00 bits per heavy atom. The molecule has 0 atom stereocenters. The van der Waals surface area contributed by atoms with Crippen LogP contribution in [0.5, 0.6) is 0 Å². The molecule has 84 valence electrons. The highest BCUT2D eigenvalue weighted by Gasteiger charge is 2.01. The van der Waals surface area contributed by atoms with Gasteiger partial charge in [-0.05, 0) is 45.1 Å². The molecule has 2 rings (SSSR count). The first-order valence-corrected chi connectivity index (χ1v) is 7.26. The molecule has 1 aromatic carbocycles. The van der Waals surface area contributed by atoms with Gasteiger partial charge in [-0.2, -0.15) is 0 Å². The Labute approximate surface area is 116 Å². The highest BCUT2D eigenvalue weighted by atomic mass is 79.9. The highest BCUT2D eigenvalue weighted by Crippen LogP contribution is 2.23. The fourth-order valence-electron chi connectivity index (χ4n) is 1.32. The summed E-state index contributed by atoms with van der Waals surface area (Å²) in [6.45, 7) is 1.30. The maximum Gasteiger partial charge on any atom is 0.0825 e. The van der Waals surface area contributed by atoms with Crippen LogP contribution in [0.2, 0.25) is 0 Å². The molecule has 16 heavy (non-hydrogen) atoms. The van der Waals surface area contributed by atoms with Crippen LogP contribution < -0.4 is 0 Å². The average molecular weight is 362 g/mol. The number of ether oxygens (including phenoxy) is 1. The number of rotatable bonds is 4. The first-order valence-electron chi connectivity index (χ1n) is 4.80. The van der Waals surface area contributed by atoms with Crippen LogP contribution >= 0.6 is 43.2 Å². The van der Waals surface area contributed by atoms with Gasteiger partial charge >= 0.3 is 0 Å². The molecule has 0 amide bonds. The molecule has 2 aromatic rings. The minimum atomic E-state index is 0.643. The second kappa shape index (κ2) is 5.96. The van der Waals surface area contributed by atoms with Crippen molar-refractivity contribution < 1.29 is 4.74 Å². The Hall–Kier alpha value is -0.160. The summed E-state index contributed by atoms with van der Waals surface area (Å²) in [5.74, 6) is 0. The smallest absolute Gasteiger partial charge is 0.0825 e. The van der Waals surface area contributed by atoms with Crippen molar-refractivity contribution >= 4 is 43.2 Å². The molecule has 0 aliphatic carbocycles. The van der Waals surface area contributed by atoms with Crippen LogP contribution in [0.25, 0.3) is 0 Å². The normalized spacial score (nSPS) is 10.6. The van der Waals surface area contributed by atoms with Gasteiger partial charge in [0, 0.05) is 13.8 Å². The Morgan fingerprint density at radius 3 is 2.69 bits per heavy atom. The van der Waals surface area contributed by atoms with E-state index in [1.165, 1.54) is 10.4 Å². The first kappa shape index (κ1) is 12.3. The van der Waals surface area contributed by atoms with E-state index < -0.39 is 0 Å². The van der Waals surface area contributed by atoms with E-state index in [0.717, 1.165) is 8.95 Å². The van der Waals surface area contributed by atoms with Crippen LogP contribution in [0.1, 0.15) is 10.4 Å². The zero-order valence-electron chi connectivity index (χ0n) is 8.45. The Balaban J connectivity index is 1.87. The van der Waals surface area contributed by atoms with Crippen LogP contribution in [-0.4, -0.2) is 0 Å². The Bertz CT molecular complexity index is 468. The second-order valence-corrected chi connectivity index (χ2v) is 6.09. The number of hydrogen-bond acceptors (Lipinski definition) is 2. The molecule has 0 fully saturated rings. The number of thiophene rings is 1. The highest BCUT2D eigenvalue weighted by molar-refractivity contribution is 9.10. The topological polar surface area (TPSA) is 9.23 Å². The summed E-state index contributed by atoms with van der Waals surface area (Å²) in [6.07, 6.45) is 0. The van der Waals surface area contributed by atoms with E-state index in [9.17, 15) is 0 Å². The second-order valence-electron chi connectivity index (χ2n) is 3.31. The minimum Gasteiger partial charge on any atom is -0.371 e. The van der Waals surface area contributed by atoms with Gasteiger partial charge in [0.2, 0.25) is 0 Å². The van der Waals surface area contributed by atoms with Gasteiger partial charge in [0.05, 0.1) is 13.2 Å². The summed E-state index contributed by atoms with van der Waals surface area (Å²) < 4.78 is 7.88. The van der Waals surface area contributed by atoms with Crippen LogP contribution in [0.3, 0.4) is 0 Å². The SMILES string of the molecule is Brc1cccc(COCc2sccc2Br)c1. The molecule has 0 N–H and O–H groups in total. The van der Waals surface area contributed by atoms with Gasteiger partial charge in [-0.1, -0.05) is 28.1 Å². The zero-order valence-corrected chi connectivity index (χ0v) is 12.4. The molecule has 1 nitrogen and oxygen atoms in total. The van der Waals surface area contributed by atoms with Crippen molar-refractivity contribution in [2.24, 2.45) is 0 Å². The fourth-order valence-corrected chi connectivity index (χ4v) is 3.17. The van der Waals surface area contributed by atoms with Crippen molar-refractivity contribution in [3.8, 4) is 0 Å². The molecule has 0 unspecified atom stereocenters. The lowest BCUT2D eigenvalue weighted by Crippen LogP contribution is -1.92. The van der Waals surface area contributed by atoms with Gasteiger partial charge in [0.25, 0.3) is 0 Å². The molecule has 0 bridgehead atoms. The van der Waals surface area contributed by atoms with Crippen molar-refractivity contribution in [2.45, 2.75) is 13.2 Å². The van der Waals surface area contributed by atoms with E-state index in [1.54, 1.807) is 11.3 Å². The van der Waals surface area contributed by atoms with Crippen molar-refractivity contribution in [1.82, 2.24) is 0 Å². The van der Waals surface area contributed by atoms with Gasteiger partial charge in [0.15, 0.2) is 0 Å². The maximum atomic E-state index is 5.66. The molecule has 0 saturated heterocycles. The van der Waals surface area contributed by atoms with Crippen LogP contribution in [0.4, 0.5) is 0 Å². The minimum absolute atomic E-state index is 0.643. The van der Waals surface area contributed by atoms with Gasteiger partial charge in [-0.3, -0.25) is 0 Å². The average Bonchev–Trinajstić information content (AvgIpc) is 2.65. The predicted molar refractivity (Wildman–Crippen MR) is 74.7 cm³/mol. The molecule has 0 aliphatic rings. The summed E-state index contributed by atoms with van der Waals surface area (Å²) in [4.78, 5) is 1.23. The summed E-state index contributed by atoms with van der Waals surface area (Å²) in [5.41, 5.74) is 1.18. The summed E-state index contributed by atoms with van der Waals surface area (Å²) in [5, 5.41) is 2.06. The third kappa shape index (κ3) is 3.42. The van der Waals surface area contributed by atoms with Crippen LogP contribution in [-0.2, 0) is 18.0 Å². The van der Waals surface area contributed by atoms with Crippen molar-refractivity contribution in [3.05, 3.63) is 55.1 Å². The third-order valence-corrected chi connectivity index (χ3v) is 4.48. The first-order chi connectivity index (χ1) is 7.75. The lowest BCUT2D eigenvalue weighted by atomic mass is 10.2. The molecule has 0 spiro atoms. The van der Waals surface area contributed by atoms with Crippen molar-refractivity contribution in [1.29, 1.82) is 0 Å². The van der Waals surface area contributed by atoms with E-state index in [4.69, 9.17) is 4.74 Å². The van der Waals surface area contributed by atoms with E-state index in [1.807, 2.05) is 18.2 Å². The summed E-state index contributed by atoms with van der Waals surface area (Å²) >= 11 is 8.64. The molecule has 0 radical (unpaired) electrons. The lowest BCUT2D eigenvalue weighted by Gasteiger charge is -2.04. The third-order valence-electron chi connectivity index (χ3n) is 2.08. The summed E-state index contributed by atoms with van der Waals surface area (Å²) in [7, 11) is 0. The van der Waals surface area contributed by atoms with Gasteiger partial charge in [-0.25, -0.2) is 0 Å². The number of benzene rings is 1. The van der Waals surface area contributed by atoms with Crippen molar-refractivity contribution in [3.63, 3.8) is 0 Å². The van der Waals surface area contributed by atoms with Crippen LogP contribution in [0.15, 0.2) is 44.7 Å². The quantitative estimate of drug-likeness (QED) is 0.745. The standard InChI is InChI=1S/C12H10Br2OS/c13-10-3-1-2-9(6-10)7-15-8-12-11(14)4-5-16-12/h1-6H,7-8H2. The van der Waals surface area contributed by atoms with Crippen molar-refractivity contribution in [2.75, 3.05) is 0 Å². The van der Waals surface area contributed by atoms with Gasteiger partial charge in [-0.15, -0.1) is 11.3 Å². The van der Waals surface area contributed by atoms with E-state index in [2.05, 4.69) is 49.4 Å². The zero-order chi connectivity index (χ0) is 11.4. The van der Waals surface area contributed by atoms with Gasteiger partial charge < -0.3 is 4.74 Å². The van der Waals surface area contributed by atoms with E-state index in [0.29, 0.717) is 13.2 Å². The molecule has 0 saturated carbocycles. The molecule has 1 heterocycles. The number of hydrogen-bond donors (Lipinski definition) is 0. The fraction of sp³-hybridized carbons (Fsp3) is 0.167. The Morgan fingerprint density at radius 1 is 1.12 bits per heavy atom. The molecule has 4 heteroatoms. The van der Waals surface area contributed by atoms with E-state index in [-0.39, 0.29) is 0 Å². The monoisotopic (exact) mass is 360 g/mol. The van der Waals surface area contributed by atoms with Gasteiger partial charge in [0.1, 0.15) is 0 Å². The Kier molecular flexibility index (Phi) is 4.58. The molecule has 0 aliphatic heterocycles. The molecule has 1 aromatic heterocycles. The lowest BCUT2D eigenvalue weighted by molar-refractivity contribution is 0.109. The predicted octanol–water partition coefficient (Wildman–Crippen LogP) is 4.99. The molecular weight excluding hydrogens is 352 g/mol. The van der Waals surface area contributed by atoms with Crippen LogP contribution in [0, 0.1) is 0 Å². The largest absolute Gasteiger partial charge is 0.371 e. The number of halogens is 2. The molecular formula is C12H10Br2OS. The summed E-state index contributed by atoms with van der Waals surface area (Å²) in [6, 6.07) is 10.2. The maximum absolute atomic E-state index is 5.66.